The summed E-state index contributed by atoms with van der Waals surface area (Å²) in [7, 11) is 0. The number of H-pyrrole nitrogens is 1. The third-order valence-electron chi connectivity index (χ3n) is 5.58. The minimum atomic E-state index is -0.328. The van der Waals surface area contributed by atoms with Gasteiger partial charge in [0, 0.05) is 66.0 Å². The van der Waals surface area contributed by atoms with Crippen LogP contribution in [0.2, 0.25) is 5.02 Å². The number of carbonyl (C=O) groups is 1. The Morgan fingerprint density at radius 2 is 1.97 bits per heavy atom. The van der Waals surface area contributed by atoms with Gasteiger partial charge in [-0.1, -0.05) is 18.2 Å². The van der Waals surface area contributed by atoms with E-state index in [1.54, 1.807) is 31.3 Å². The fraction of sp³-hybridized carbons (Fsp3) is 0.250. The first-order valence-corrected chi connectivity index (χ1v) is 12.5. The Bertz CT molecular complexity index is 1360. The number of aliphatic hydroxyl groups is 1. The second kappa shape index (κ2) is 11.3. The molecule has 3 aromatic rings. The lowest BCUT2D eigenvalue weighted by Crippen LogP contribution is -2.41. The quantitative estimate of drug-likeness (QED) is 0.0971. The number of rotatable bonds is 7. The van der Waals surface area contributed by atoms with Crippen molar-refractivity contribution in [2.24, 2.45) is 0 Å². The smallest absolute Gasteiger partial charge is 0.247 e. The number of nitrogens with zero attached hydrogens (tertiary/aromatic N) is 5. The van der Waals surface area contributed by atoms with E-state index in [0.29, 0.717) is 38.9 Å². The van der Waals surface area contributed by atoms with E-state index < -0.39 is 0 Å². The second-order valence-electron chi connectivity index (χ2n) is 8.24. The molecule has 1 aromatic carbocycles. The van der Waals surface area contributed by atoms with Gasteiger partial charge in [-0.3, -0.25) is 9.89 Å². The van der Waals surface area contributed by atoms with Gasteiger partial charge in [-0.05, 0) is 44.2 Å². The first kappa shape index (κ1) is 25.9. The predicted molar refractivity (Wildman–Crippen MR) is 151 cm³/mol. The van der Waals surface area contributed by atoms with E-state index in [1.807, 2.05) is 13.0 Å². The minimum absolute atomic E-state index is 0.244. The number of benzene rings is 1. The van der Waals surface area contributed by atoms with Gasteiger partial charge in [-0.15, -0.1) is 0 Å². The Hall–Kier alpha value is -3.16. The second-order valence-corrected chi connectivity index (χ2v) is 10.0. The van der Waals surface area contributed by atoms with E-state index in [1.165, 1.54) is 6.08 Å². The molecule has 1 aliphatic rings. The van der Waals surface area contributed by atoms with E-state index in [-0.39, 0.29) is 11.7 Å². The first-order chi connectivity index (χ1) is 17.2. The largest absolute Gasteiger partial charge is 0.510 e. The number of nitrogens with one attached hydrogen (secondary N) is 3. The summed E-state index contributed by atoms with van der Waals surface area (Å²) in [6.45, 7) is 10.5. The number of anilines is 2. The molecule has 1 fully saturated rings. The highest BCUT2D eigenvalue weighted by Crippen LogP contribution is 2.34. The number of fused-ring (bicyclic) bond motifs is 1. The summed E-state index contributed by atoms with van der Waals surface area (Å²) in [6, 6.07) is 5.14. The normalized spacial score (nSPS) is 15.6. The lowest BCUT2D eigenvalue weighted by Gasteiger charge is -2.34. The third-order valence-corrected chi connectivity index (χ3v) is 6.88. The maximum atomic E-state index is 11.8. The Labute approximate surface area is 227 Å². The summed E-state index contributed by atoms with van der Waals surface area (Å²) in [6.07, 6.45) is 4.71. The van der Waals surface area contributed by atoms with Gasteiger partial charge >= 0.3 is 0 Å². The van der Waals surface area contributed by atoms with Crippen LogP contribution >= 0.6 is 34.5 Å². The maximum absolute atomic E-state index is 11.8. The summed E-state index contributed by atoms with van der Waals surface area (Å²) < 4.78 is 2.23. The molecule has 1 amide bonds. The minimum Gasteiger partial charge on any atom is -0.510 e. The Balaban J connectivity index is 1.67. The number of aromatic nitrogens is 4. The zero-order chi connectivity index (χ0) is 25.8. The van der Waals surface area contributed by atoms with Crippen molar-refractivity contribution in [1.82, 2.24) is 28.2 Å². The van der Waals surface area contributed by atoms with Crippen LogP contribution in [0.4, 0.5) is 11.6 Å². The van der Waals surface area contributed by atoms with Gasteiger partial charge in [0.05, 0.1) is 28.0 Å². The number of aliphatic hydroxyl groups excluding tert-OH is 1. The molecule has 0 radical (unpaired) electrons. The molecule has 10 nitrogen and oxygen atoms in total. The van der Waals surface area contributed by atoms with Crippen LogP contribution in [-0.2, 0) is 4.79 Å². The standard InChI is InChI=1S/C24H26ClIN8O2/c1-4-21(36)29-16-5-6-19(25)17(12-16)22-18-13-27-32-23(18)31-24(30-22)28-14(2)11-20(15(3)35)33-7-9-34(26)10-8-33/h4-6,11-13,35H,1,7-10H2,2-3H3,(H,29,36)(H2,27,28,30,31,32)/b14-11+,20-15-. The summed E-state index contributed by atoms with van der Waals surface area (Å²) in [5.41, 5.74) is 3.75. The van der Waals surface area contributed by atoms with Crippen molar-refractivity contribution in [2.75, 3.05) is 36.8 Å². The van der Waals surface area contributed by atoms with Crippen LogP contribution in [0.3, 0.4) is 0 Å². The van der Waals surface area contributed by atoms with Gasteiger partial charge in [-0.25, -0.2) is 8.10 Å². The van der Waals surface area contributed by atoms with Crippen LogP contribution in [-0.4, -0.2) is 65.4 Å². The predicted octanol–water partition coefficient (Wildman–Crippen LogP) is 4.87. The highest BCUT2D eigenvalue weighted by Gasteiger charge is 2.19. The van der Waals surface area contributed by atoms with E-state index in [2.05, 4.69) is 63.3 Å². The molecule has 1 aliphatic heterocycles. The van der Waals surface area contributed by atoms with E-state index in [4.69, 9.17) is 16.6 Å². The molecule has 0 spiro atoms. The van der Waals surface area contributed by atoms with Crippen LogP contribution in [0.5, 0.6) is 0 Å². The molecule has 0 aliphatic carbocycles. The topological polar surface area (TPSA) is 122 Å². The van der Waals surface area contributed by atoms with Crippen molar-refractivity contribution >= 4 is 63.0 Å². The van der Waals surface area contributed by atoms with Crippen LogP contribution in [0.25, 0.3) is 22.3 Å². The average molecular weight is 621 g/mol. The molecule has 0 bridgehead atoms. The molecule has 1 saturated heterocycles. The monoisotopic (exact) mass is 620 g/mol. The Morgan fingerprint density at radius 3 is 2.67 bits per heavy atom. The molecule has 0 unspecified atom stereocenters. The summed E-state index contributed by atoms with van der Waals surface area (Å²) in [4.78, 5) is 23.2. The SMILES string of the molecule is C=CC(=O)Nc1ccc(Cl)c(-c2nc(N/C(C)=C/C(=C(\C)O)N3CCN(I)CC3)nc3[nH]ncc23)c1. The molecular formula is C24H26ClIN8O2. The summed E-state index contributed by atoms with van der Waals surface area (Å²) in [5.74, 6) is 0.249. The average Bonchev–Trinajstić information content (AvgIpc) is 3.32. The van der Waals surface area contributed by atoms with Gasteiger partial charge in [0.15, 0.2) is 5.65 Å². The number of aromatic amines is 1. The summed E-state index contributed by atoms with van der Waals surface area (Å²) in [5, 5.41) is 24.4. The molecule has 4 rings (SSSR count). The lowest BCUT2D eigenvalue weighted by atomic mass is 10.1. The number of hydrogen-bond acceptors (Lipinski definition) is 8. The fourth-order valence-corrected chi connectivity index (χ4v) is 4.48. The fourth-order valence-electron chi connectivity index (χ4n) is 3.84. The van der Waals surface area contributed by atoms with Gasteiger partial charge in [0.25, 0.3) is 0 Å². The Morgan fingerprint density at radius 1 is 1.22 bits per heavy atom. The number of amides is 1. The molecule has 0 saturated carbocycles. The van der Waals surface area contributed by atoms with Crippen molar-refractivity contribution < 1.29 is 9.90 Å². The molecule has 188 valence electrons. The van der Waals surface area contributed by atoms with E-state index in [9.17, 15) is 9.90 Å². The molecular weight excluding hydrogens is 595 g/mol. The van der Waals surface area contributed by atoms with Crippen LogP contribution in [0.1, 0.15) is 13.8 Å². The van der Waals surface area contributed by atoms with Crippen molar-refractivity contribution in [2.45, 2.75) is 13.8 Å². The molecule has 12 heteroatoms. The van der Waals surface area contributed by atoms with Crippen molar-refractivity contribution in [3.05, 3.63) is 65.3 Å². The molecule has 2 aromatic heterocycles. The highest BCUT2D eigenvalue weighted by atomic mass is 127. The van der Waals surface area contributed by atoms with Gasteiger partial charge in [0.1, 0.15) is 5.76 Å². The number of piperazine rings is 1. The van der Waals surface area contributed by atoms with E-state index in [0.717, 1.165) is 37.6 Å². The van der Waals surface area contributed by atoms with Crippen molar-refractivity contribution in [1.29, 1.82) is 0 Å². The molecule has 3 heterocycles. The molecule has 36 heavy (non-hydrogen) atoms. The number of allylic oxidation sites excluding steroid dienone is 3. The third kappa shape index (κ3) is 5.97. The number of carbonyl (C=O) groups excluding carboxylic acids is 1. The number of hydrogen-bond donors (Lipinski definition) is 4. The zero-order valence-electron chi connectivity index (χ0n) is 19.8. The maximum Gasteiger partial charge on any atom is 0.247 e. The first-order valence-electron chi connectivity index (χ1n) is 11.2. The van der Waals surface area contributed by atoms with Crippen LogP contribution in [0.15, 0.2) is 60.3 Å². The lowest BCUT2D eigenvalue weighted by molar-refractivity contribution is -0.111. The van der Waals surface area contributed by atoms with E-state index >= 15 is 0 Å². The van der Waals surface area contributed by atoms with Crippen molar-refractivity contribution in [3.63, 3.8) is 0 Å². The summed E-state index contributed by atoms with van der Waals surface area (Å²) >= 11 is 8.84. The van der Waals surface area contributed by atoms with Gasteiger partial charge in [-0.2, -0.15) is 10.1 Å². The van der Waals surface area contributed by atoms with Gasteiger partial charge in [0.2, 0.25) is 11.9 Å². The van der Waals surface area contributed by atoms with Crippen LogP contribution < -0.4 is 10.6 Å². The number of halogens is 2. The molecule has 0 atom stereocenters. The highest BCUT2D eigenvalue weighted by molar-refractivity contribution is 14.1. The van der Waals surface area contributed by atoms with Gasteiger partial charge < -0.3 is 20.6 Å². The van der Waals surface area contributed by atoms with Crippen molar-refractivity contribution in [3.8, 4) is 11.3 Å². The van der Waals surface area contributed by atoms with Crippen LogP contribution in [0, 0.1) is 0 Å². The zero-order valence-corrected chi connectivity index (χ0v) is 22.8. The Kier molecular flexibility index (Phi) is 8.11. The molecule has 4 N–H and O–H groups in total.